The Kier molecular flexibility index (Phi) is 4.01. The Balaban J connectivity index is 0.00000120. The highest BCUT2D eigenvalue weighted by molar-refractivity contribution is 7.22. The molecular weight excluding hydrogens is 277 g/mol. The molecule has 0 spiro atoms. The molecule has 1 fully saturated rings. The fourth-order valence-electron chi connectivity index (χ4n) is 1.84. The van der Waals surface area contributed by atoms with Gasteiger partial charge in [-0.05, 0) is 18.2 Å². The molecule has 2 atom stereocenters. The molecule has 3 N–H and O–H groups in total. The lowest BCUT2D eigenvalue weighted by Crippen LogP contribution is -2.38. The molecule has 98 valence electrons. The minimum Gasteiger partial charge on any atom is -0.378 e. The second-order valence-corrected chi connectivity index (χ2v) is 5.11. The molecule has 1 aromatic carbocycles. The summed E-state index contributed by atoms with van der Waals surface area (Å²) in [6.07, 6.45) is 0. The Morgan fingerprint density at radius 2 is 2.28 bits per heavy atom. The first-order valence-electron chi connectivity index (χ1n) is 5.38. The van der Waals surface area contributed by atoms with Gasteiger partial charge in [0, 0.05) is 0 Å². The van der Waals surface area contributed by atoms with E-state index in [-0.39, 0.29) is 30.3 Å². The Morgan fingerprint density at radius 3 is 3.00 bits per heavy atom. The van der Waals surface area contributed by atoms with E-state index in [1.165, 1.54) is 23.5 Å². The summed E-state index contributed by atoms with van der Waals surface area (Å²) in [4.78, 5) is 4.38. The summed E-state index contributed by atoms with van der Waals surface area (Å²) in [6.45, 7) is 1.16. The van der Waals surface area contributed by atoms with E-state index in [2.05, 4.69) is 10.3 Å². The van der Waals surface area contributed by atoms with Crippen LogP contribution in [0, 0.1) is 5.82 Å². The zero-order valence-corrected chi connectivity index (χ0v) is 11.1. The van der Waals surface area contributed by atoms with Gasteiger partial charge in [0.05, 0.1) is 35.5 Å². The van der Waals surface area contributed by atoms with Crippen molar-refractivity contribution in [2.45, 2.75) is 12.1 Å². The van der Waals surface area contributed by atoms with Crippen molar-refractivity contribution in [3.8, 4) is 0 Å². The van der Waals surface area contributed by atoms with Gasteiger partial charge in [-0.2, -0.15) is 0 Å². The van der Waals surface area contributed by atoms with E-state index in [4.69, 9.17) is 10.5 Å². The summed E-state index contributed by atoms with van der Waals surface area (Å²) in [5.41, 5.74) is 6.67. The summed E-state index contributed by atoms with van der Waals surface area (Å²) < 4.78 is 19.1. The third kappa shape index (κ3) is 2.56. The number of anilines is 1. The number of aromatic nitrogens is 1. The summed E-state index contributed by atoms with van der Waals surface area (Å²) in [6, 6.07) is 4.65. The minimum atomic E-state index is -0.242. The Hall–Kier alpha value is -0.950. The van der Waals surface area contributed by atoms with Gasteiger partial charge in [0.15, 0.2) is 5.13 Å². The van der Waals surface area contributed by atoms with Crippen LogP contribution in [0.3, 0.4) is 0 Å². The first kappa shape index (κ1) is 13.5. The topological polar surface area (TPSA) is 60.2 Å². The molecule has 3 rings (SSSR count). The number of nitrogens with one attached hydrogen (secondary N) is 1. The van der Waals surface area contributed by atoms with Crippen molar-refractivity contribution in [2.75, 3.05) is 18.5 Å². The van der Waals surface area contributed by atoms with Crippen molar-refractivity contribution in [3.63, 3.8) is 0 Å². The second kappa shape index (κ2) is 5.36. The maximum atomic E-state index is 13.0. The predicted octanol–water partition coefficient (Wildman–Crippen LogP) is 2.00. The molecule has 1 aromatic heterocycles. The van der Waals surface area contributed by atoms with Crippen molar-refractivity contribution in [3.05, 3.63) is 24.0 Å². The summed E-state index contributed by atoms with van der Waals surface area (Å²) in [5, 5.41) is 4.00. The lowest BCUT2D eigenvalue weighted by molar-refractivity contribution is 0.192. The van der Waals surface area contributed by atoms with Gasteiger partial charge in [-0.1, -0.05) is 11.3 Å². The number of halogens is 2. The third-order valence-electron chi connectivity index (χ3n) is 2.78. The molecule has 2 aromatic rings. The fourth-order valence-corrected chi connectivity index (χ4v) is 2.79. The number of nitrogens with zero attached hydrogens (tertiary/aromatic N) is 1. The molecule has 1 saturated heterocycles. The van der Waals surface area contributed by atoms with E-state index in [9.17, 15) is 4.39 Å². The minimum absolute atomic E-state index is 0. The molecule has 7 heteroatoms. The van der Waals surface area contributed by atoms with Gasteiger partial charge in [0.25, 0.3) is 0 Å². The van der Waals surface area contributed by atoms with Crippen LogP contribution in [0.5, 0.6) is 0 Å². The Morgan fingerprint density at radius 1 is 1.44 bits per heavy atom. The normalized spacial score (nSPS) is 23.0. The molecule has 0 amide bonds. The predicted molar refractivity (Wildman–Crippen MR) is 73.0 cm³/mol. The second-order valence-electron chi connectivity index (χ2n) is 4.08. The summed E-state index contributed by atoms with van der Waals surface area (Å²) >= 11 is 1.43. The van der Waals surface area contributed by atoms with E-state index in [1.807, 2.05) is 0 Å². The van der Waals surface area contributed by atoms with Crippen LogP contribution in [0.4, 0.5) is 9.52 Å². The van der Waals surface area contributed by atoms with Crippen molar-refractivity contribution >= 4 is 39.1 Å². The van der Waals surface area contributed by atoms with Crippen LogP contribution in [0.1, 0.15) is 0 Å². The van der Waals surface area contributed by atoms with E-state index in [1.54, 1.807) is 6.07 Å². The van der Waals surface area contributed by atoms with Crippen LogP contribution in [-0.4, -0.2) is 30.3 Å². The van der Waals surface area contributed by atoms with Crippen LogP contribution in [0.15, 0.2) is 18.2 Å². The number of fused-ring (bicyclic) bond motifs is 1. The van der Waals surface area contributed by atoms with Crippen molar-refractivity contribution < 1.29 is 9.13 Å². The van der Waals surface area contributed by atoms with Crippen LogP contribution in [0.2, 0.25) is 0 Å². The van der Waals surface area contributed by atoms with E-state index < -0.39 is 0 Å². The molecule has 0 saturated carbocycles. The van der Waals surface area contributed by atoms with Crippen LogP contribution in [0.25, 0.3) is 10.2 Å². The highest BCUT2D eigenvalue weighted by Gasteiger charge is 2.25. The number of thiazole rings is 1. The quantitative estimate of drug-likeness (QED) is 0.888. The fraction of sp³-hybridized carbons (Fsp3) is 0.364. The molecule has 0 bridgehead atoms. The van der Waals surface area contributed by atoms with E-state index in [0.717, 1.165) is 15.3 Å². The van der Waals surface area contributed by atoms with Gasteiger partial charge < -0.3 is 15.8 Å². The van der Waals surface area contributed by atoms with Crippen molar-refractivity contribution in [2.24, 2.45) is 5.73 Å². The number of benzene rings is 1. The molecular formula is C11H13ClFN3OS. The number of hydrogen-bond donors (Lipinski definition) is 2. The summed E-state index contributed by atoms with van der Waals surface area (Å²) in [7, 11) is 0. The zero-order chi connectivity index (χ0) is 11.8. The molecule has 4 nitrogen and oxygen atoms in total. The standard InChI is InChI=1S/C11H12FN3OS.ClH/c12-6-1-2-8-10(3-6)17-11(14-8)15-9-5-16-4-7(9)13;/h1-3,7,9H,4-5,13H2,(H,14,15);1H. The van der Waals surface area contributed by atoms with Gasteiger partial charge in [0.1, 0.15) is 5.82 Å². The molecule has 0 aliphatic carbocycles. The van der Waals surface area contributed by atoms with Gasteiger partial charge in [-0.25, -0.2) is 9.37 Å². The molecule has 1 aliphatic rings. The number of ether oxygens (including phenoxy) is 1. The van der Waals surface area contributed by atoms with Crippen LogP contribution in [-0.2, 0) is 4.74 Å². The van der Waals surface area contributed by atoms with Gasteiger partial charge in [0.2, 0.25) is 0 Å². The highest BCUT2D eigenvalue weighted by atomic mass is 35.5. The number of rotatable bonds is 2. The molecule has 18 heavy (non-hydrogen) atoms. The summed E-state index contributed by atoms with van der Waals surface area (Å²) in [5.74, 6) is -0.242. The van der Waals surface area contributed by atoms with E-state index >= 15 is 0 Å². The maximum Gasteiger partial charge on any atom is 0.184 e. The van der Waals surface area contributed by atoms with Crippen molar-refractivity contribution in [1.29, 1.82) is 0 Å². The largest absolute Gasteiger partial charge is 0.378 e. The lowest BCUT2D eigenvalue weighted by atomic mass is 10.2. The first-order chi connectivity index (χ1) is 8.22. The van der Waals surface area contributed by atoms with Crippen molar-refractivity contribution in [1.82, 2.24) is 4.98 Å². The van der Waals surface area contributed by atoms with Gasteiger partial charge in [-0.3, -0.25) is 0 Å². The zero-order valence-electron chi connectivity index (χ0n) is 9.43. The first-order valence-corrected chi connectivity index (χ1v) is 6.20. The highest BCUT2D eigenvalue weighted by Crippen LogP contribution is 2.27. The molecule has 1 aliphatic heterocycles. The van der Waals surface area contributed by atoms with Crippen LogP contribution >= 0.6 is 23.7 Å². The molecule has 0 radical (unpaired) electrons. The number of nitrogens with two attached hydrogens (primary N) is 1. The SMILES string of the molecule is Cl.NC1COCC1Nc1nc2ccc(F)cc2s1. The average molecular weight is 290 g/mol. The monoisotopic (exact) mass is 289 g/mol. The van der Waals surface area contributed by atoms with Gasteiger partial charge in [-0.15, -0.1) is 12.4 Å². The molecule has 2 heterocycles. The Bertz CT molecular complexity index is 550. The Labute approximate surface area is 114 Å². The average Bonchev–Trinajstić information content (AvgIpc) is 2.85. The maximum absolute atomic E-state index is 13.0. The van der Waals surface area contributed by atoms with Crippen LogP contribution < -0.4 is 11.1 Å². The van der Waals surface area contributed by atoms with E-state index in [0.29, 0.717) is 13.2 Å². The number of hydrogen-bond acceptors (Lipinski definition) is 5. The smallest absolute Gasteiger partial charge is 0.184 e. The third-order valence-corrected chi connectivity index (χ3v) is 3.73. The molecule has 2 unspecified atom stereocenters. The lowest BCUT2D eigenvalue weighted by Gasteiger charge is -2.13. The van der Waals surface area contributed by atoms with Gasteiger partial charge >= 0.3 is 0 Å².